The van der Waals surface area contributed by atoms with E-state index in [1.807, 2.05) is 53.3 Å². The number of aromatic nitrogens is 5. The van der Waals surface area contributed by atoms with E-state index in [0.717, 1.165) is 42.5 Å². The molecule has 5 rings (SSSR count). The molecule has 2 fully saturated rings. The van der Waals surface area contributed by atoms with Gasteiger partial charge in [0, 0.05) is 44.7 Å². The number of hydrogen-bond acceptors (Lipinski definition) is 6. The number of hydrogen-bond donors (Lipinski definition) is 0. The minimum Gasteiger partial charge on any atom is -0.469 e. The van der Waals surface area contributed by atoms with Crippen LogP contribution in [0.4, 0.5) is 4.79 Å². The molecule has 9 nitrogen and oxygen atoms in total. The van der Waals surface area contributed by atoms with Gasteiger partial charge in [-0.05, 0) is 45.6 Å². The van der Waals surface area contributed by atoms with Crippen LogP contribution in [-0.2, 0) is 11.8 Å². The largest absolute Gasteiger partial charge is 0.469 e. The normalized spacial score (nSPS) is 23.1. The zero-order valence-corrected chi connectivity index (χ0v) is 19.3. The molecular formula is C23H30N6O3. The molecule has 0 unspecified atom stereocenters. The van der Waals surface area contributed by atoms with Crippen LogP contribution in [0.2, 0.25) is 0 Å². The molecule has 0 aromatic carbocycles. The first-order valence-corrected chi connectivity index (χ1v) is 11.1. The van der Waals surface area contributed by atoms with Crippen molar-refractivity contribution in [2.45, 2.75) is 63.7 Å². The molecule has 0 N–H and O–H groups in total. The van der Waals surface area contributed by atoms with Crippen molar-refractivity contribution in [1.82, 2.24) is 29.3 Å². The second kappa shape index (κ2) is 7.21. The van der Waals surface area contributed by atoms with Gasteiger partial charge in [0.05, 0.1) is 24.3 Å². The van der Waals surface area contributed by atoms with Crippen molar-refractivity contribution in [3.05, 3.63) is 30.9 Å². The van der Waals surface area contributed by atoms with Crippen molar-refractivity contribution in [2.75, 3.05) is 7.05 Å². The van der Waals surface area contributed by atoms with Crippen LogP contribution in [0.3, 0.4) is 0 Å². The zero-order chi connectivity index (χ0) is 22.7. The van der Waals surface area contributed by atoms with E-state index in [-0.39, 0.29) is 17.7 Å². The second-order valence-corrected chi connectivity index (χ2v) is 10.1. The van der Waals surface area contributed by atoms with Gasteiger partial charge in [-0.25, -0.2) is 14.3 Å². The first kappa shape index (κ1) is 20.8. The number of rotatable bonds is 5. The van der Waals surface area contributed by atoms with E-state index in [0.29, 0.717) is 11.8 Å². The lowest BCUT2D eigenvalue weighted by Gasteiger charge is -2.50. The molecule has 0 atom stereocenters. The number of aryl methyl sites for hydroxylation is 1. The van der Waals surface area contributed by atoms with Crippen LogP contribution < -0.4 is 4.74 Å². The van der Waals surface area contributed by atoms with E-state index in [4.69, 9.17) is 14.5 Å². The molecule has 0 bridgehead atoms. The monoisotopic (exact) mass is 438 g/mol. The second-order valence-electron chi connectivity index (χ2n) is 10.1. The summed E-state index contributed by atoms with van der Waals surface area (Å²) in [5.74, 6) is 1.06. The highest BCUT2D eigenvalue weighted by molar-refractivity contribution is 5.68. The predicted octanol–water partition coefficient (Wildman–Crippen LogP) is 3.69. The molecule has 0 aliphatic heterocycles. The van der Waals surface area contributed by atoms with E-state index in [9.17, 15) is 4.79 Å². The van der Waals surface area contributed by atoms with Crippen LogP contribution in [0.15, 0.2) is 30.9 Å². The van der Waals surface area contributed by atoms with E-state index >= 15 is 0 Å². The maximum absolute atomic E-state index is 12.5. The number of amides is 1. The summed E-state index contributed by atoms with van der Waals surface area (Å²) in [6.45, 7) is 5.65. The van der Waals surface area contributed by atoms with Gasteiger partial charge in [0.1, 0.15) is 16.7 Å². The Labute approximate surface area is 187 Å². The fraction of sp³-hybridized carbons (Fsp3) is 0.565. The quantitative estimate of drug-likeness (QED) is 0.604. The van der Waals surface area contributed by atoms with E-state index in [2.05, 4.69) is 10.2 Å². The summed E-state index contributed by atoms with van der Waals surface area (Å²) in [5, 5.41) is 8.67. The number of ether oxygens (including phenoxy) is 2. The molecule has 2 aliphatic carbocycles. The Morgan fingerprint density at radius 2 is 1.97 bits per heavy atom. The molecule has 9 heteroatoms. The molecule has 3 aromatic rings. The Morgan fingerprint density at radius 1 is 1.22 bits per heavy atom. The summed E-state index contributed by atoms with van der Waals surface area (Å²) >= 11 is 0. The van der Waals surface area contributed by atoms with Crippen LogP contribution in [0.1, 0.15) is 46.5 Å². The minimum absolute atomic E-state index is 0.0906. The summed E-state index contributed by atoms with van der Waals surface area (Å²) in [4.78, 5) is 19.1. The van der Waals surface area contributed by atoms with Crippen LogP contribution >= 0.6 is 0 Å². The Morgan fingerprint density at radius 3 is 2.59 bits per heavy atom. The molecule has 3 heterocycles. The lowest BCUT2D eigenvalue weighted by molar-refractivity contribution is -0.0844. The molecule has 170 valence electrons. The van der Waals surface area contributed by atoms with E-state index < -0.39 is 5.60 Å². The highest BCUT2D eigenvalue weighted by atomic mass is 16.6. The maximum atomic E-state index is 12.5. The third-order valence-electron chi connectivity index (χ3n) is 6.37. The van der Waals surface area contributed by atoms with Crippen molar-refractivity contribution in [3.63, 3.8) is 0 Å². The molecular weight excluding hydrogens is 408 g/mol. The SMILES string of the molecule is CN(C(=O)OC(C)(C)C)C1CC(Oc2nc(-c3cnn(C)c3)cn3nccc23)(C2CC2)C1. The van der Waals surface area contributed by atoms with Crippen molar-refractivity contribution < 1.29 is 14.3 Å². The fourth-order valence-electron chi connectivity index (χ4n) is 4.46. The summed E-state index contributed by atoms with van der Waals surface area (Å²) in [7, 11) is 3.69. The van der Waals surface area contributed by atoms with Crippen molar-refractivity contribution in [2.24, 2.45) is 13.0 Å². The number of fused-ring (bicyclic) bond motifs is 1. The average Bonchev–Trinajstić information content (AvgIpc) is 3.26. The number of carbonyl (C=O) groups is 1. The highest BCUT2D eigenvalue weighted by Gasteiger charge is 2.58. The summed E-state index contributed by atoms with van der Waals surface area (Å²) in [5.41, 5.74) is 1.68. The Bertz CT molecular complexity index is 1150. The van der Waals surface area contributed by atoms with Gasteiger partial charge in [-0.2, -0.15) is 10.2 Å². The van der Waals surface area contributed by atoms with Crippen LogP contribution in [0.5, 0.6) is 5.88 Å². The molecule has 32 heavy (non-hydrogen) atoms. The number of nitrogens with zero attached hydrogens (tertiary/aromatic N) is 6. The fourth-order valence-corrected chi connectivity index (χ4v) is 4.46. The number of carbonyl (C=O) groups excluding carboxylic acids is 1. The first-order chi connectivity index (χ1) is 15.1. The van der Waals surface area contributed by atoms with Gasteiger partial charge in [-0.1, -0.05) is 0 Å². The zero-order valence-electron chi connectivity index (χ0n) is 19.3. The standard InChI is InChI=1S/C23H30N6O3/c1-22(2,3)32-21(30)28(5)17-10-23(11-17,16-6-7-16)31-20-19-8-9-24-29(19)14-18(26-20)15-12-25-27(4)13-15/h8-9,12-14,16-17H,6-7,10-11H2,1-5H3. The average molecular weight is 439 g/mol. The maximum Gasteiger partial charge on any atom is 0.410 e. The van der Waals surface area contributed by atoms with Crippen LogP contribution in [-0.4, -0.2) is 59.7 Å². The summed E-state index contributed by atoms with van der Waals surface area (Å²) < 4.78 is 15.8. The topological polar surface area (TPSA) is 86.8 Å². The van der Waals surface area contributed by atoms with E-state index in [1.54, 1.807) is 26.5 Å². The molecule has 2 saturated carbocycles. The third kappa shape index (κ3) is 3.80. The Kier molecular flexibility index (Phi) is 4.69. The van der Waals surface area contributed by atoms with Crippen molar-refractivity contribution in [1.29, 1.82) is 0 Å². The summed E-state index contributed by atoms with van der Waals surface area (Å²) in [6.07, 6.45) is 10.9. The predicted molar refractivity (Wildman–Crippen MR) is 118 cm³/mol. The van der Waals surface area contributed by atoms with Gasteiger partial charge in [-0.15, -0.1) is 0 Å². The molecule has 2 aliphatic rings. The third-order valence-corrected chi connectivity index (χ3v) is 6.37. The molecule has 3 aromatic heterocycles. The lowest BCUT2D eigenvalue weighted by Crippen LogP contribution is -2.60. The van der Waals surface area contributed by atoms with Gasteiger partial charge in [0.25, 0.3) is 0 Å². The smallest absolute Gasteiger partial charge is 0.410 e. The summed E-state index contributed by atoms with van der Waals surface area (Å²) in [6, 6.07) is 2.01. The first-order valence-electron chi connectivity index (χ1n) is 11.1. The van der Waals surface area contributed by atoms with Crippen LogP contribution in [0, 0.1) is 5.92 Å². The van der Waals surface area contributed by atoms with Crippen LogP contribution in [0.25, 0.3) is 16.8 Å². The lowest BCUT2D eigenvalue weighted by atomic mass is 9.71. The van der Waals surface area contributed by atoms with Crippen molar-refractivity contribution >= 4 is 11.6 Å². The van der Waals surface area contributed by atoms with Gasteiger partial charge in [0.2, 0.25) is 5.88 Å². The molecule has 0 radical (unpaired) electrons. The molecule has 1 amide bonds. The minimum atomic E-state index is -0.510. The van der Waals surface area contributed by atoms with Gasteiger partial charge < -0.3 is 14.4 Å². The highest BCUT2D eigenvalue weighted by Crippen LogP contribution is 2.54. The van der Waals surface area contributed by atoms with E-state index in [1.165, 1.54) is 0 Å². The molecule has 0 saturated heterocycles. The van der Waals surface area contributed by atoms with Crippen molar-refractivity contribution in [3.8, 4) is 17.1 Å². The van der Waals surface area contributed by atoms with Gasteiger partial charge in [-0.3, -0.25) is 4.68 Å². The molecule has 0 spiro atoms. The van der Waals surface area contributed by atoms with Gasteiger partial charge >= 0.3 is 6.09 Å². The van der Waals surface area contributed by atoms with Gasteiger partial charge in [0.15, 0.2) is 0 Å². The Balaban J connectivity index is 1.39. The Hall–Kier alpha value is -3.10.